The predicted octanol–water partition coefficient (Wildman–Crippen LogP) is 4.31. The monoisotopic (exact) mass is 331 g/mol. The third-order valence-electron chi connectivity index (χ3n) is 3.49. The molecule has 1 N–H and O–H groups in total. The van der Waals surface area contributed by atoms with Crippen molar-refractivity contribution in [1.82, 2.24) is 0 Å². The minimum absolute atomic E-state index is 0.411. The minimum atomic E-state index is 0.411. The van der Waals surface area contributed by atoms with Crippen LogP contribution in [-0.2, 0) is 6.54 Å². The summed E-state index contributed by atoms with van der Waals surface area (Å²) in [4.78, 5) is 0. The Bertz CT molecular complexity index is 840. The summed E-state index contributed by atoms with van der Waals surface area (Å²) in [6.07, 6.45) is 1.86. The van der Waals surface area contributed by atoms with Crippen LogP contribution in [0.15, 0.2) is 65.9 Å². The van der Waals surface area contributed by atoms with Crippen molar-refractivity contribution < 1.29 is 9.77 Å². The number of rotatable bonds is 3. The van der Waals surface area contributed by atoms with Crippen molar-refractivity contribution in [1.29, 1.82) is 0 Å². The van der Waals surface area contributed by atoms with Crippen molar-refractivity contribution in [3.63, 3.8) is 0 Å². The number of hydrogen-bond donors (Lipinski definition) is 1. The number of pyridine rings is 1. The molecule has 0 aliphatic heterocycles. The zero-order valence-corrected chi connectivity index (χ0v) is 13.1. The molecule has 0 saturated carbocycles. The fraction of sp³-hybridized carbons (Fsp3) is 0.0588. The Morgan fingerprint density at radius 2 is 1.68 bits per heavy atom. The van der Waals surface area contributed by atoms with Gasteiger partial charge in [-0.05, 0) is 6.07 Å². The fourth-order valence-electron chi connectivity index (χ4n) is 2.42. The number of benzene rings is 2. The van der Waals surface area contributed by atoms with Crippen LogP contribution < -0.4 is 4.57 Å². The maximum atomic E-state index is 9.34. The molecule has 110 valence electrons. The van der Waals surface area contributed by atoms with Crippen molar-refractivity contribution in [3.05, 3.63) is 76.4 Å². The fourth-order valence-corrected chi connectivity index (χ4v) is 2.99. The molecule has 3 rings (SSSR count). The molecule has 2 aromatic carbocycles. The van der Waals surface area contributed by atoms with Crippen molar-refractivity contribution in [3.8, 4) is 0 Å². The summed E-state index contributed by atoms with van der Waals surface area (Å²) in [5.41, 5.74) is 2.31. The Hall–Kier alpha value is -2.10. The van der Waals surface area contributed by atoms with Gasteiger partial charge in [0.05, 0.1) is 15.4 Å². The summed E-state index contributed by atoms with van der Waals surface area (Å²) >= 11 is 12.5. The Labute approximate surface area is 138 Å². The van der Waals surface area contributed by atoms with Crippen molar-refractivity contribution in [2.24, 2.45) is 5.16 Å². The first kappa shape index (κ1) is 14.8. The third kappa shape index (κ3) is 2.78. The molecule has 0 aliphatic carbocycles. The standard InChI is InChI=1S/C17H12Cl2N2O/c18-13-7-4-8-16-17(13)14(19)9-10-21(16)11-15(20-22)12-5-2-1-3-6-12/h1-10H,11H2/p+1. The average Bonchev–Trinajstić information content (AvgIpc) is 2.55. The summed E-state index contributed by atoms with van der Waals surface area (Å²) in [5, 5.41) is 14.8. The maximum absolute atomic E-state index is 9.34. The molecule has 0 radical (unpaired) electrons. The molecule has 0 amide bonds. The van der Waals surface area contributed by atoms with E-state index in [1.54, 1.807) is 12.1 Å². The topological polar surface area (TPSA) is 36.5 Å². The van der Waals surface area contributed by atoms with E-state index >= 15 is 0 Å². The van der Waals surface area contributed by atoms with Gasteiger partial charge >= 0.3 is 0 Å². The van der Waals surface area contributed by atoms with Crippen LogP contribution in [0.2, 0.25) is 10.0 Å². The summed E-state index contributed by atoms with van der Waals surface area (Å²) in [5.74, 6) is 0. The van der Waals surface area contributed by atoms with Crippen LogP contribution >= 0.6 is 23.2 Å². The molecule has 0 atom stereocenters. The van der Waals surface area contributed by atoms with E-state index < -0.39 is 0 Å². The van der Waals surface area contributed by atoms with Gasteiger partial charge in [-0.2, -0.15) is 4.57 Å². The van der Waals surface area contributed by atoms with E-state index in [-0.39, 0.29) is 0 Å². The number of oxime groups is 1. The van der Waals surface area contributed by atoms with E-state index in [2.05, 4.69) is 5.16 Å². The summed E-state index contributed by atoms with van der Waals surface area (Å²) in [6.45, 7) is 0.411. The van der Waals surface area contributed by atoms with Crippen LogP contribution in [0.4, 0.5) is 0 Å². The van der Waals surface area contributed by atoms with Crippen molar-refractivity contribution in [2.45, 2.75) is 6.54 Å². The van der Waals surface area contributed by atoms with E-state index in [0.717, 1.165) is 16.5 Å². The number of hydrogen-bond acceptors (Lipinski definition) is 2. The highest BCUT2D eigenvalue weighted by Crippen LogP contribution is 2.27. The largest absolute Gasteiger partial charge is 0.410 e. The van der Waals surface area contributed by atoms with Gasteiger partial charge in [0.25, 0.3) is 0 Å². The number of fused-ring (bicyclic) bond motifs is 1. The molecule has 0 unspecified atom stereocenters. The molecule has 0 bridgehead atoms. The van der Waals surface area contributed by atoms with Gasteiger partial charge in [-0.25, -0.2) is 0 Å². The molecular weight excluding hydrogens is 319 g/mol. The molecule has 22 heavy (non-hydrogen) atoms. The van der Waals surface area contributed by atoms with Crippen molar-refractivity contribution in [2.75, 3.05) is 0 Å². The number of halogens is 2. The van der Waals surface area contributed by atoms with E-state index in [9.17, 15) is 5.21 Å². The third-order valence-corrected chi connectivity index (χ3v) is 4.12. The molecule has 0 aliphatic rings. The average molecular weight is 332 g/mol. The molecule has 0 spiro atoms. The zero-order chi connectivity index (χ0) is 15.5. The van der Waals surface area contributed by atoms with Gasteiger partial charge in [0.1, 0.15) is 0 Å². The second-order valence-corrected chi connectivity index (χ2v) is 5.65. The highest BCUT2D eigenvalue weighted by atomic mass is 35.5. The van der Waals surface area contributed by atoms with Gasteiger partial charge in [-0.1, -0.05) is 64.8 Å². The molecule has 3 nitrogen and oxygen atoms in total. The SMILES string of the molecule is ON=C(C[n+]1ccc(Cl)c2c(Cl)cccc21)c1ccccc1. The van der Waals surface area contributed by atoms with Crippen LogP contribution in [0, 0.1) is 0 Å². The van der Waals surface area contributed by atoms with Crippen LogP contribution in [0.1, 0.15) is 5.56 Å². The molecule has 1 heterocycles. The van der Waals surface area contributed by atoms with Crippen LogP contribution in [0.5, 0.6) is 0 Å². The predicted molar refractivity (Wildman–Crippen MR) is 88.9 cm³/mol. The quantitative estimate of drug-likeness (QED) is 0.330. The number of nitrogens with zero attached hydrogens (tertiary/aromatic N) is 2. The second kappa shape index (κ2) is 6.34. The molecule has 3 aromatic rings. The molecule has 1 aromatic heterocycles. The smallest absolute Gasteiger partial charge is 0.215 e. The van der Waals surface area contributed by atoms with Crippen LogP contribution in [-0.4, -0.2) is 10.9 Å². The van der Waals surface area contributed by atoms with E-state index in [1.807, 2.05) is 53.2 Å². The zero-order valence-electron chi connectivity index (χ0n) is 11.6. The summed E-state index contributed by atoms with van der Waals surface area (Å²) < 4.78 is 1.95. The van der Waals surface area contributed by atoms with Crippen LogP contribution in [0.25, 0.3) is 10.9 Å². The highest BCUT2D eigenvalue weighted by molar-refractivity contribution is 6.41. The van der Waals surface area contributed by atoms with E-state index in [1.165, 1.54) is 0 Å². The highest BCUT2D eigenvalue weighted by Gasteiger charge is 2.17. The maximum Gasteiger partial charge on any atom is 0.215 e. The normalized spacial score (nSPS) is 11.8. The number of aromatic nitrogens is 1. The summed E-state index contributed by atoms with van der Waals surface area (Å²) in [7, 11) is 0. The summed E-state index contributed by atoms with van der Waals surface area (Å²) in [6, 6.07) is 16.9. The van der Waals surface area contributed by atoms with E-state index in [4.69, 9.17) is 23.2 Å². The van der Waals surface area contributed by atoms with Gasteiger partial charge in [-0.15, -0.1) is 0 Å². The second-order valence-electron chi connectivity index (χ2n) is 4.84. The van der Waals surface area contributed by atoms with Crippen molar-refractivity contribution >= 4 is 39.8 Å². The Kier molecular flexibility index (Phi) is 4.27. The van der Waals surface area contributed by atoms with Gasteiger partial charge in [0.15, 0.2) is 18.5 Å². The Morgan fingerprint density at radius 1 is 0.955 bits per heavy atom. The molecular formula is C17H13Cl2N2O+. The molecule has 5 heteroatoms. The Balaban J connectivity index is 2.08. The first-order valence-corrected chi connectivity index (χ1v) is 7.49. The van der Waals surface area contributed by atoms with Gasteiger partial charge in [0, 0.05) is 17.7 Å². The van der Waals surface area contributed by atoms with E-state index in [0.29, 0.717) is 22.3 Å². The molecule has 0 fully saturated rings. The lowest BCUT2D eigenvalue weighted by atomic mass is 10.1. The lowest BCUT2D eigenvalue weighted by Crippen LogP contribution is -2.38. The van der Waals surface area contributed by atoms with Crippen LogP contribution in [0.3, 0.4) is 0 Å². The van der Waals surface area contributed by atoms with Gasteiger partial charge in [-0.3, -0.25) is 0 Å². The lowest BCUT2D eigenvalue weighted by Gasteiger charge is -2.06. The first-order valence-electron chi connectivity index (χ1n) is 6.73. The van der Waals surface area contributed by atoms with Gasteiger partial charge < -0.3 is 5.21 Å². The Morgan fingerprint density at radius 3 is 2.41 bits per heavy atom. The van der Waals surface area contributed by atoms with Gasteiger partial charge in [0.2, 0.25) is 5.52 Å². The lowest BCUT2D eigenvalue weighted by molar-refractivity contribution is -0.655. The minimum Gasteiger partial charge on any atom is -0.410 e. The molecule has 0 saturated heterocycles. The first-order chi connectivity index (χ1) is 10.7.